The van der Waals surface area contributed by atoms with Crippen LogP contribution in [0, 0.1) is 5.95 Å². The third-order valence-corrected chi connectivity index (χ3v) is 2.26. The van der Waals surface area contributed by atoms with E-state index in [9.17, 15) is 4.39 Å². The predicted octanol–water partition coefficient (Wildman–Crippen LogP) is 0.899. The van der Waals surface area contributed by atoms with Crippen LogP contribution < -0.4 is 5.32 Å². The molecule has 1 aliphatic heterocycles. The smallest absolute Gasteiger partial charge is 0.217 e. The Balaban J connectivity index is 1.73. The van der Waals surface area contributed by atoms with Gasteiger partial charge in [0.2, 0.25) is 5.95 Å². The van der Waals surface area contributed by atoms with Gasteiger partial charge in [0.05, 0.1) is 0 Å². The van der Waals surface area contributed by atoms with Gasteiger partial charge in [0.25, 0.3) is 0 Å². The van der Waals surface area contributed by atoms with Crippen molar-refractivity contribution in [3.63, 3.8) is 0 Å². The van der Waals surface area contributed by atoms with Gasteiger partial charge < -0.3 is 5.32 Å². The summed E-state index contributed by atoms with van der Waals surface area (Å²) in [5.41, 5.74) is 0. The summed E-state index contributed by atoms with van der Waals surface area (Å²) < 4.78 is 12.7. The second kappa shape index (κ2) is 4.84. The highest BCUT2D eigenvalue weighted by atomic mass is 19.1. The van der Waals surface area contributed by atoms with Crippen LogP contribution in [-0.4, -0.2) is 41.0 Å². The second-order valence-corrected chi connectivity index (χ2v) is 3.38. The Bertz CT molecular complexity index is 345. The molecule has 0 atom stereocenters. The maximum Gasteiger partial charge on any atom is 0.217 e. The molecule has 2 heterocycles. The zero-order valence-corrected chi connectivity index (χ0v) is 8.36. The van der Waals surface area contributed by atoms with Crippen molar-refractivity contribution in [3.8, 4) is 0 Å². The number of halogens is 1. The topological polar surface area (TPSA) is 41.0 Å². The maximum absolute atomic E-state index is 12.7. The molecular formula is C10H13FN4. The first kappa shape index (κ1) is 10.0. The van der Waals surface area contributed by atoms with Crippen molar-refractivity contribution in [2.75, 3.05) is 31.5 Å². The first-order valence-electron chi connectivity index (χ1n) is 4.93. The summed E-state index contributed by atoms with van der Waals surface area (Å²) in [5, 5.41) is 3.05. The van der Waals surface area contributed by atoms with Gasteiger partial charge in [-0.05, 0) is 0 Å². The highest BCUT2D eigenvalue weighted by molar-refractivity contribution is 5.31. The summed E-state index contributed by atoms with van der Waals surface area (Å²) in [4.78, 5) is 9.58. The molecule has 0 fully saturated rings. The van der Waals surface area contributed by atoms with Gasteiger partial charge in [0.15, 0.2) is 0 Å². The number of nitrogens with zero attached hydrogens (tertiary/aromatic N) is 3. The summed E-state index contributed by atoms with van der Waals surface area (Å²) in [5.74, 6) is 0.0324. The number of nitrogens with one attached hydrogen (secondary N) is 1. The standard InChI is InChI=1S/C10H13FN4/c11-9-7-10(14-8-13-9)12-3-6-15-4-1-2-5-15/h1-2,7-8H,3-6H2,(H,12,13,14). The van der Waals surface area contributed by atoms with E-state index in [-0.39, 0.29) is 0 Å². The fraction of sp³-hybridized carbons (Fsp3) is 0.400. The van der Waals surface area contributed by atoms with E-state index in [1.165, 1.54) is 12.4 Å². The Labute approximate surface area is 87.8 Å². The van der Waals surface area contributed by atoms with E-state index in [1.807, 2.05) is 0 Å². The quantitative estimate of drug-likeness (QED) is 0.589. The number of anilines is 1. The molecule has 0 bridgehead atoms. The molecule has 0 spiro atoms. The average Bonchev–Trinajstić information content (AvgIpc) is 2.71. The first-order valence-corrected chi connectivity index (χ1v) is 4.93. The Morgan fingerprint density at radius 2 is 2.13 bits per heavy atom. The molecule has 0 aliphatic carbocycles. The molecule has 1 aromatic rings. The number of hydrogen-bond acceptors (Lipinski definition) is 4. The van der Waals surface area contributed by atoms with Crippen LogP contribution in [0.2, 0.25) is 0 Å². The monoisotopic (exact) mass is 208 g/mol. The average molecular weight is 208 g/mol. The van der Waals surface area contributed by atoms with Crippen LogP contribution in [0.4, 0.5) is 10.2 Å². The van der Waals surface area contributed by atoms with Crippen molar-refractivity contribution >= 4 is 5.82 Å². The molecule has 5 heteroatoms. The molecule has 1 aromatic heterocycles. The van der Waals surface area contributed by atoms with Crippen molar-refractivity contribution in [2.24, 2.45) is 0 Å². The minimum Gasteiger partial charge on any atom is -0.369 e. The van der Waals surface area contributed by atoms with Gasteiger partial charge in [-0.2, -0.15) is 4.39 Å². The van der Waals surface area contributed by atoms with Gasteiger partial charge in [-0.3, -0.25) is 4.90 Å². The van der Waals surface area contributed by atoms with Crippen LogP contribution in [0.15, 0.2) is 24.5 Å². The Morgan fingerprint density at radius 3 is 2.87 bits per heavy atom. The van der Waals surface area contributed by atoms with E-state index in [0.29, 0.717) is 5.82 Å². The van der Waals surface area contributed by atoms with Crippen LogP contribution in [0.3, 0.4) is 0 Å². The largest absolute Gasteiger partial charge is 0.369 e. The number of rotatable bonds is 4. The van der Waals surface area contributed by atoms with Gasteiger partial charge in [0, 0.05) is 32.2 Å². The van der Waals surface area contributed by atoms with Gasteiger partial charge in [-0.1, -0.05) is 12.2 Å². The molecule has 0 radical (unpaired) electrons. The Morgan fingerprint density at radius 1 is 1.33 bits per heavy atom. The van der Waals surface area contributed by atoms with Crippen molar-refractivity contribution in [2.45, 2.75) is 0 Å². The highest BCUT2D eigenvalue weighted by Gasteiger charge is 2.05. The summed E-state index contributed by atoms with van der Waals surface area (Å²) in [6, 6.07) is 1.29. The minimum absolute atomic E-state index is 0.504. The third-order valence-electron chi connectivity index (χ3n) is 2.26. The van der Waals surface area contributed by atoms with E-state index < -0.39 is 5.95 Å². The molecule has 4 nitrogen and oxygen atoms in total. The molecule has 1 N–H and O–H groups in total. The fourth-order valence-corrected chi connectivity index (χ4v) is 1.48. The molecule has 15 heavy (non-hydrogen) atoms. The molecule has 0 aromatic carbocycles. The lowest BCUT2D eigenvalue weighted by Gasteiger charge is -2.14. The Kier molecular flexibility index (Phi) is 3.24. The summed E-state index contributed by atoms with van der Waals surface area (Å²) in [6.07, 6.45) is 5.50. The van der Waals surface area contributed by atoms with E-state index in [0.717, 1.165) is 26.2 Å². The van der Waals surface area contributed by atoms with E-state index >= 15 is 0 Å². The lowest BCUT2D eigenvalue weighted by atomic mass is 10.5. The van der Waals surface area contributed by atoms with Crippen molar-refractivity contribution < 1.29 is 4.39 Å². The molecule has 1 aliphatic rings. The predicted molar refractivity (Wildman–Crippen MR) is 56.1 cm³/mol. The van der Waals surface area contributed by atoms with Gasteiger partial charge in [-0.15, -0.1) is 0 Å². The molecule has 0 amide bonds. The van der Waals surface area contributed by atoms with E-state index in [2.05, 4.69) is 32.3 Å². The van der Waals surface area contributed by atoms with Gasteiger partial charge in [-0.25, -0.2) is 9.97 Å². The highest BCUT2D eigenvalue weighted by Crippen LogP contribution is 2.02. The lowest BCUT2D eigenvalue weighted by molar-refractivity contribution is 0.367. The van der Waals surface area contributed by atoms with Crippen molar-refractivity contribution in [1.29, 1.82) is 0 Å². The summed E-state index contributed by atoms with van der Waals surface area (Å²) in [6.45, 7) is 3.69. The van der Waals surface area contributed by atoms with Crippen molar-refractivity contribution in [1.82, 2.24) is 14.9 Å². The molecular weight excluding hydrogens is 195 g/mol. The van der Waals surface area contributed by atoms with Crippen molar-refractivity contribution in [3.05, 3.63) is 30.5 Å². The number of hydrogen-bond donors (Lipinski definition) is 1. The van der Waals surface area contributed by atoms with Gasteiger partial charge in [0.1, 0.15) is 12.1 Å². The third kappa shape index (κ3) is 2.99. The van der Waals surface area contributed by atoms with Crippen LogP contribution >= 0.6 is 0 Å². The SMILES string of the molecule is Fc1cc(NCCN2CC=CC2)ncn1. The second-order valence-electron chi connectivity index (χ2n) is 3.38. The zero-order chi connectivity index (χ0) is 10.5. The van der Waals surface area contributed by atoms with Crippen LogP contribution in [0.25, 0.3) is 0 Å². The molecule has 0 saturated carbocycles. The Hall–Kier alpha value is -1.49. The lowest BCUT2D eigenvalue weighted by Crippen LogP contribution is -2.26. The molecule has 2 rings (SSSR count). The van der Waals surface area contributed by atoms with Crippen LogP contribution in [0.1, 0.15) is 0 Å². The molecule has 0 unspecified atom stereocenters. The number of aromatic nitrogens is 2. The minimum atomic E-state index is -0.504. The van der Waals surface area contributed by atoms with Crippen LogP contribution in [0.5, 0.6) is 0 Å². The summed E-state index contributed by atoms with van der Waals surface area (Å²) >= 11 is 0. The summed E-state index contributed by atoms with van der Waals surface area (Å²) in [7, 11) is 0. The fourth-order valence-electron chi connectivity index (χ4n) is 1.48. The van der Waals surface area contributed by atoms with Crippen LogP contribution in [-0.2, 0) is 0 Å². The molecule has 80 valence electrons. The zero-order valence-electron chi connectivity index (χ0n) is 8.36. The first-order chi connectivity index (χ1) is 7.34. The van der Waals surface area contributed by atoms with Gasteiger partial charge >= 0.3 is 0 Å². The molecule has 0 saturated heterocycles. The normalized spacial score (nSPS) is 15.8. The van der Waals surface area contributed by atoms with E-state index in [4.69, 9.17) is 0 Å². The van der Waals surface area contributed by atoms with E-state index in [1.54, 1.807) is 0 Å². The maximum atomic E-state index is 12.7.